The summed E-state index contributed by atoms with van der Waals surface area (Å²) in [6, 6.07) is 12.9. The molecule has 0 aliphatic heterocycles. The van der Waals surface area contributed by atoms with E-state index in [-0.39, 0.29) is 30.3 Å². The van der Waals surface area contributed by atoms with Crippen LogP contribution in [0.15, 0.2) is 54.6 Å². The highest BCUT2D eigenvalue weighted by Crippen LogP contribution is 2.35. The normalized spacial score (nSPS) is 14.1. The Hall–Kier alpha value is -3.23. The fraction of sp³-hybridized carbons (Fsp3) is 0.484. The smallest absolute Gasteiger partial charge is 0.333 e. The number of carbonyl (C=O) groups is 2. The van der Waals surface area contributed by atoms with Gasteiger partial charge in [0.05, 0.1) is 11.8 Å². The van der Waals surface area contributed by atoms with Crippen molar-refractivity contribution >= 4 is 34.6 Å². The van der Waals surface area contributed by atoms with E-state index in [1.165, 1.54) is 0 Å². The minimum absolute atomic E-state index is 0.0434. The van der Waals surface area contributed by atoms with Crippen molar-refractivity contribution in [3.8, 4) is 5.69 Å². The van der Waals surface area contributed by atoms with E-state index >= 15 is 0 Å². The standard InChI is InChI=1S/C31H40ClN3O5/c1-19(2)28(40-30(38)20(3)4)17-23(31(5,6)7)27(36)18-39-29(37)15-12-21-10-8-9-11-26(21)35-33-24-14-13-22(32)16-25(24)34-35/h8-11,13-14,16,19,23,27-28,36H,3,12,15,17-18H2,1-2,4-7H3. The van der Waals surface area contributed by atoms with Crippen LogP contribution in [0.1, 0.15) is 59.9 Å². The number of nitrogens with zero attached hydrogens (tertiary/aromatic N) is 3. The van der Waals surface area contributed by atoms with Crippen LogP contribution in [-0.2, 0) is 25.5 Å². The lowest BCUT2D eigenvalue weighted by Gasteiger charge is -2.37. The number of aryl methyl sites for hydroxylation is 1. The van der Waals surface area contributed by atoms with Gasteiger partial charge in [-0.25, -0.2) is 4.79 Å². The number of benzene rings is 2. The molecule has 40 heavy (non-hydrogen) atoms. The Bertz CT molecular complexity index is 1340. The van der Waals surface area contributed by atoms with E-state index in [1.807, 2.05) is 65.0 Å². The molecule has 3 atom stereocenters. The maximum atomic E-state index is 12.7. The first-order valence-electron chi connectivity index (χ1n) is 13.6. The van der Waals surface area contributed by atoms with Gasteiger partial charge in [0, 0.05) is 17.0 Å². The number of aromatic nitrogens is 3. The lowest BCUT2D eigenvalue weighted by atomic mass is 9.73. The summed E-state index contributed by atoms with van der Waals surface area (Å²) in [6.07, 6.45) is -0.351. The molecule has 8 nitrogen and oxygen atoms in total. The molecule has 216 valence electrons. The first-order valence-corrected chi connectivity index (χ1v) is 13.9. The number of rotatable bonds is 12. The van der Waals surface area contributed by atoms with Crippen LogP contribution in [0.5, 0.6) is 0 Å². The lowest BCUT2D eigenvalue weighted by molar-refractivity contribution is -0.152. The Balaban J connectivity index is 1.63. The Morgan fingerprint density at radius 3 is 2.42 bits per heavy atom. The first-order chi connectivity index (χ1) is 18.8. The van der Waals surface area contributed by atoms with Crippen LogP contribution in [0.25, 0.3) is 16.7 Å². The molecular formula is C31H40ClN3O5. The third kappa shape index (κ3) is 8.38. The van der Waals surface area contributed by atoms with E-state index in [1.54, 1.807) is 23.9 Å². The molecular weight excluding hydrogens is 530 g/mol. The fourth-order valence-corrected chi connectivity index (χ4v) is 4.72. The van der Waals surface area contributed by atoms with Gasteiger partial charge in [0.1, 0.15) is 23.7 Å². The molecule has 3 rings (SSSR count). The van der Waals surface area contributed by atoms with Crippen molar-refractivity contribution in [1.29, 1.82) is 0 Å². The van der Waals surface area contributed by atoms with E-state index in [0.29, 0.717) is 29.0 Å². The van der Waals surface area contributed by atoms with Gasteiger partial charge in [0.2, 0.25) is 0 Å². The number of para-hydroxylation sites is 1. The SMILES string of the molecule is C=C(C)C(=O)OC(CC(C(O)COC(=O)CCc1ccccc1-n1nc2ccc(Cl)cc2n1)C(C)(C)C)C(C)C. The van der Waals surface area contributed by atoms with Crippen molar-refractivity contribution in [3.63, 3.8) is 0 Å². The molecule has 0 spiro atoms. The van der Waals surface area contributed by atoms with Gasteiger partial charge in [-0.15, -0.1) is 10.2 Å². The van der Waals surface area contributed by atoms with Crippen molar-refractivity contribution in [2.45, 2.75) is 73.0 Å². The number of aliphatic hydroxyl groups excluding tert-OH is 1. The second-order valence-electron chi connectivity index (χ2n) is 11.7. The molecule has 1 heterocycles. The molecule has 9 heteroatoms. The third-order valence-electron chi connectivity index (χ3n) is 6.98. The Morgan fingerprint density at radius 1 is 1.10 bits per heavy atom. The maximum absolute atomic E-state index is 12.7. The van der Waals surface area contributed by atoms with Crippen LogP contribution in [-0.4, -0.2) is 50.9 Å². The number of carbonyl (C=O) groups excluding carboxylic acids is 2. The molecule has 0 radical (unpaired) electrons. The van der Waals surface area contributed by atoms with Gasteiger partial charge in [-0.2, -0.15) is 4.80 Å². The van der Waals surface area contributed by atoms with Crippen LogP contribution in [0.2, 0.25) is 5.02 Å². The average molecular weight is 570 g/mol. The number of hydrogen-bond donors (Lipinski definition) is 1. The monoisotopic (exact) mass is 569 g/mol. The number of ether oxygens (including phenoxy) is 2. The topological polar surface area (TPSA) is 104 Å². The highest BCUT2D eigenvalue weighted by molar-refractivity contribution is 6.31. The zero-order valence-electron chi connectivity index (χ0n) is 24.2. The third-order valence-corrected chi connectivity index (χ3v) is 7.21. The highest BCUT2D eigenvalue weighted by Gasteiger charge is 2.36. The molecule has 2 aromatic carbocycles. The number of esters is 2. The van der Waals surface area contributed by atoms with Crippen LogP contribution >= 0.6 is 11.6 Å². The summed E-state index contributed by atoms with van der Waals surface area (Å²) in [5.74, 6) is -1.10. The number of hydrogen-bond acceptors (Lipinski definition) is 7. The first kappa shape index (κ1) is 31.3. The van der Waals surface area contributed by atoms with Crippen LogP contribution < -0.4 is 0 Å². The molecule has 3 aromatic rings. The largest absolute Gasteiger partial charge is 0.463 e. The highest BCUT2D eigenvalue weighted by atomic mass is 35.5. The predicted molar refractivity (Wildman–Crippen MR) is 156 cm³/mol. The van der Waals surface area contributed by atoms with Gasteiger partial charge < -0.3 is 14.6 Å². The number of halogens is 1. The van der Waals surface area contributed by atoms with Gasteiger partial charge in [-0.3, -0.25) is 4.79 Å². The Morgan fingerprint density at radius 2 is 1.77 bits per heavy atom. The minimum Gasteiger partial charge on any atom is -0.463 e. The van der Waals surface area contributed by atoms with Crippen molar-refractivity contribution in [3.05, 3.63) is 65.2 Å². The molecule has 0 bridgehead atoms. The summed E-state index contributed by atoms with van der Waals surface area (Å²) in [4.78, 5) is 26.4. The summed E-state index contributed by atoms with van der Waals surface area (Å²) < 4.78 is 11.2. The predicted octanol–water partition coefficient (Wildman–Crippen LogP) is 6.11. The maximum Gasteiger partial charge on any atom is 0.333 e. The Labute approximate surface area is 241 Å². The van der Waals surface area contributed by atoms with Crippen molar-refractivity contribution in [2.75, 3.05) is 6.61 Å². The number of fused-ring (bicyclic) bond motifs is 1. The van der Waals surface area contributed by atoms with Gasteiger partial charge in [-0.05, 0) is 66.8 Å². The summed E-state index contributed by atoms with van der Waals surface area (Å²) in [7, 11) is 0. The molecule has 0 aliphatic carbocycles. The van der Waals surface area contributed by atoms with E-state index in [2.05, 4.69) is 16.8 Å². The van der Waals surface area contributed by atoms with Gasteiger partial charge >= 0.3 is 11.9 Å². The van der Waals surface area contributed by atoms with E-state index in [9.17, 15) is 14.7 Å². The zero-order chi connectivity index (χ0) is 29.6. The van der Waals surface area contributed by atoms with Crippen molar-refractivity contribution < 1.29 is 24.2 Å². The number of aliphatic hydroxyl groups is 1. The molecule has 0 saturated carbocycles. The summed E-state index contributed by atoms with van der Waals surface area (Å²) in [5.41, 5.74) is 3.05. The summed E-state index contributed by atoms with van der Waals surface area (Å²) in [5, 5.41) is 20.7. The van der Waals surface area contributed by atoms with Crippen LogP contribution in [0.4, 0.5) is 0 Å². The summed E-state index contributed by atoms with van der Waals surface area (Å²) in [6.45, 7) is 15.1. The quantitative estimate of drug-likeness (QED) is 0.207. The Kier molecular flexibility index (Phi) is 10.5. The second kappa shape index (κ2) is 13.4. The van der Waals surface area contributed by atoms with Crippen molar-refractivity contribution in [1.82, 2.24) is 15.0 Å². The zero-order valence-corrected chi connectivity index (χ0v) is 24.9. The van der Waals surface area contributed by atoms with E-state index in [4.69, 9.17) is 21.1 Å². The van der Waals surface area contributed by atoms with Crippen LogP contribution in [0.3, 0.4) is 0 Å². The molecule has 0 aliphatic rings. The van der Waals surface area contributed by atoms with Crippen LogP contribution in [0, 0.1) is 17.3 Å². The molecule has 0 saturated heterocycles. The van der Waals surface area contributed by atoms with Gasteiger partial charge in [0.15, 0.2) is 0 Å². The van der Waals surface area contributed by atoms with Gasteiger partial charge in [0.25, 0.3) is 0 Å². The minimum atomic E-state index is -0.923. The van der Waals surface area contributed by atoms with E-state index in [0.717, 1.165) is 16.8 Å². The molecule has 1 N–H and O–H groups in total. The molecule has 0 fully saturated rings. The van der Waals surface area contributed by atoms with E-state index < -0.39 is 24.1 Å². The summed E-state index contributed by atoms with van der Waals surface area (Å²) >= 11 is 6.09. The second-order valence-corrected chi connectivity index (χ2v) is 12.1. The molecule has 3 unspecified atom stereocenters. The average Bonchev–Trinajstić information content (AvgIpc) is 3.30. The van der Waals surface area contributed by atoms with Gasteiger partial charge in [-0.1, -0.05) is 71.0 Å². The molecule has 1 aromatic heterocycles. The molecule has 0 amide bonds. The fourth-order valence-electron chi connectivity index (χ4n) is 4.55. The lowest BCUT2D eigenvalue weighted by Crippen LogP contribution is -2.40. The van der Waals surface area contributed by atoms with Crippen molar-refractivity contribution in [2.24, 2.45) is 17.3 Å².